The Morgan fingerprint density at radius 3 is 1.05 bits per heavy atom. The molecule has 16 nitrogen and oxygen atoms in total. The van der Waals surface area contributed by atoms with Crippen molar-refractivity contribution in [2.45, 2.75) is 13.1 Å². The molecule has 0 radical (unpaired) electrons. The van der Waals surface area contributed by atoms with Crippen molar-refractivity contribution >= 4 is 70.2 Å². The third kappa shape index (κ3) is 14.1. The number of carboxylic acids is 2. The van der Waals surface area contributed by atoms with Crippen LogP contribution in [0.5, 0.6) is 11.8 Å². The first-order valence-corrected chi connectivity index (χ1v) is 22.8. The van der Waals surface area contributed by atoms with Gasteiger partial charge in [-0.1, -0.05) is 168 Å². The van der Waals surface area contributed by atoms with Gasteiger partial charge in [0.1, 0.15) is 11.6 Å². The van der Waals surface area contributed by atoms with Gasteiger partial charge < -0.3 is 40.6 Å². The van der Waals surface area contributed by atoms with Crippen molar-refractivity contribution in [1.82, 2.24) is 29.7 Å². The summed E-state index contributed by atoms with van der Waals surface area (Å²) < 4.78 is 2.30. The fraction of sp³-hybridized carbons (Fsp3) is 0.0769. The van der Waals surface area contributed by atoms with E-state index in [-0.39, 0.29) is 115 Å². The average molecular weight is 1090 g/mol. The Morgan fingerprint density at radius 2 is 0.757 bits per heavy atom. The molecule has 8 aromatic rings. The summed E-state index contributed by atoms with van der Waals surface area (Å²) in [7, 11) is 0. The van der Waals surface area contributed by atoms with Gasteiger partial charge >= 0.3 is 59.1 Å². The van der Waals surface area contributed by atoms with Crippen molar-refractivity contribution in [3.05, 3.63) is 209 Å². The molecule has 4 N–H and O–H groups in total. The molecule has 0 aliphatic heterocycles. The average Bonchev–Trinajstić information content (AvgIpc) is 3.36. The van der Waals surface area contributed by atoms with Crippen LogP contribution < -0.4 is 91.1 Å². The summed E-state index contributed by atoms with van der Waals surface area (Å²) in [5.74, 6) is -7.25. The van der Waals surface area contributed by atoms with Crippen LogP contribution in [-0.4, -0.2) is 66.2 Å². The van der Waals surface area contributed by atoms with Gasteiger partial charge in [-0.2, -0.15) is 9.97 Å². The predicted octanol–water partition coefficient (Wildman–Crippen LogP) is 0.243. The van der Waals surface area contributed by atoms with Gasteiger partial charge in [0, 0.05) is 0 Å². The molecule has 0 bridgehead atoms. The Hall–Kier alpha value is -6.28. The first-order chi connectivity index (χ1) is 34.5. The summed E-state index contributed by atoms with van der Waals surface area (Å²) >= 11 is 25.4. The van der Waals surface area contributed by atoms with Crippen LogP contribution in [0.1, 0.15) is 31.8 Å². The standard InChI is InChI=1S/2C26H19Cl2N3O5.2Na/c2*27-18-7-4-8-19(28)21(18)23-30-25(35)22(24(34)29-13-20(32)33)26(36)31(23)14-15-9-11-17(12-10-15)16-5-2-1-3-6-16;;/h2*1-12,35H,13-14H2,(H,29,34)(H,32,33);;/q;;2*+1/p-2. The van der Waals surface area contributed by atoms with E-state index in [9.17, 15) is 49.2 Å². The molecule has 0 aliphatic rings. The van der Waals surface area contributed by atoms with E-state index in [1.807, 2.05) is 120 Å². The third-order valence-electron chi connectivity index (χ3n) is 10.7. The molecular weight excluding hydrogens is 1060 g/mol. The summed E-state index contributed by atoms with van der Waals surface area (Å²) in [4.78, 5) is 81.5. The van der Waals surface area contributed by atoms with Gasteiger partial charge in [0.15, 0.2) is 11.1 Å². The minimum atomic E-state index is -1.56. The number of carboxylic acid groups (broad SMARTS) is 2. The molecule has 0 fully saturated rings. The molecule has 0 spiro atoms. The molecule has 364 valence electrons. The van der Waals surface area contributed by atoms with Crippen LogP contribution in [0.3, 0.4) is 0 Å². The van der Waals surface area contributed by atoms with Gasteiger partial charge in [0.25, 0.3) is 22.9 Å². The maximum Gasteiger partial charge on any atom is 1.00 e. The summed E-state index contributed by atoms with van der Waals surface area (Å²) in [5, 5.41) is 47.2. The zero-order valence-corrected chi connectivity index (χ0v) is 46.2. The maximum absolute atomic E-state index is 13.4. The quantitative estimate of drug-likeness (QED) is 0.107. The van der Waals surface area contributed by atoms with Crippen LogP contribution in [0.15, 0.2) is 155 Å². The molecule has 0 atom stereocenters. The number of hydrogen-bond acceptors (Lipinski definition) is 12. The number of nitrogens with one attached hydrogen (secondary N) is 2. The van der Waals surface area contributed by atoms with E-state index in [2.05, 4.69) is 9.97 Å². The Labute approximate surface area is 485 Å². The van der Waals surface area contributed by atoms with E-state index >= 15 is 0 Å². The summed E-state index contributed by atoms with van der Waals surface area (Å²) in [5.41, 5.74) is 2.47. The molecule has 2 amide bonds. The number of carbonyl (C=O) groups is 4. The third-order valence-corrected chi connectivity index (χ3v) is 12.0. The SMILES string of the molecule is O=C([O-])CNC(=O)c1c(O)nc(-c2c(Cl)cccc2Cl)n(Cc2ccc(-c3ccccc3)cc2)c1=O.O=C([O-])CNC(=O)c1c(O)nc(-c2c(Cl)cccc2Cl)n(Cc2ccc(-c3ccccc3)cc2)c1=O.[Na+].[Na+]. The number of aromatic nitrogens is 4. The van der Waals surface area contributed by atoms with Crippen LogP contribution in [0.4, 0.5) is 0 Å². The number of carbonyl (C=O) groups excluding carboxylic acids is 4. The molecule has 0 aliphatic carbocycles. The first kappa shape index (κ1) is 58.6. The zero-order chi connectivity index (χ0) is 51.6. The number of hydrogen-bond donors (Lipinski definition) is 4. The second kappa shape index (κ2) is 26.8. The number of aliphatic carboxylic acids is 2. The number of nitrogens with zero attached hydrogens (tertiary/aromatic N) is 4. The molecule has 2 heterocycles. The zero-order valence-electron chi connectivity index (χ0n) is 39.1. The topological polar surface area (TPSA) is 249 Å². The van der Waals surface area contributed by atoms with Gasteiger partial charge in [-0.15, -0.1) is 0 Å². The van der Waals surface area contributed by atoms with E-state index in [1.54, 1.807) is 36.4 Å². The molecule has 22 heteroatoms. The number of rotatable bonds is 14. The van der Waals surface area contributed by atoms with Gasteiger partial charge in [-0.05, 0) is 57.6 Å². The minimum absolute atomic E-state index is 0. The van der Waals surface area contributed by atoms with E-state index in [1.165, 1.54) is 0 Å². The van der Waals surface area contributed by atoms with E-state index in [0.29, 0.717) is 11.1 Å². The first-order valence-electron chi connectivity index (χ1n) is 21.3. The van der Waals surface area contributed by atoms with Crippen molar-refractivity contribution in [3.63, 3.8) is 0 Å². The normalized spacial score (nSPS) is 10.4. The number of benzene rings is 6. The van der Waals surface area contributed by atoms with E-state index < -0.39 is 70.8 Å². The van der Waals surface area contributed by atoms with Crippen LogP contribution in [-0.2, 0) is 22.7 Å². The Balaban J connectivity index is 0.000000267. The van der Waals surface area contributed by atoms with Crippen LogP contribution >= 0.6 is 46.4 Å². The van der Waals surface area contributed by atoms with Gasteiger partial charge in [0.05, 0.1) is 69.3 Å². The summed E-state index contributed by atoms with van der Waals surface area (Å²) in [6.07, 6.45) is 0. The summed E-state index contributed by atoms with van der Waals surface area (Å²) in [6, 6.07) is 43.7. The largest absolute Gasteiger partial charge is 1.00 e. The van der Waals surface area contributed by atoms with E-state index in [4.69, 9.17) is 46.4 Å². The van der Waals surface area contributed by atoms with Crippen molar-refractivity contribution in [3.8, 4) is 56.8 Å². The Bertz CT molecular complexity index is 3210. The second-order valence-corrected chi connectivity index (χ2v) is 17.1. The van der Waals surface area contributed by atoms with Crippen molar-refractivity contribution in [2.75, 3.05) is 13.1 Å². The molecule has 0 saturated heterocycles. The van der Waals surface area contributed by atoms with Crippen LogP contribution in [0.2, 0.25) is 20.1 Å². The minimum Gasteiger partial charge on any atom is -0.548 e. The monoisotopic (exact) mass is 1090 g/mol. The molecule has 0 saturated carbocycles. The predicted molar refractivity (Wildman–Crippen MR) is 268 cm³/mol. The molecular formula is C52H36Cl4N6Na2O10. The van der Waals surface area contributed by atoms with Crippen LogP contribution in [0, 0.1) is 0 Å². The number of halogens is 4. The van der Waals surface area contributed by atoms with E-state index in [0.717, 1.165) is 31.4 Å². The summed E-state index contributed by atoms with van der Waals surface area (Å²) in [6.45, 7) is -1.79. The maximum atomic E-state index is 13.4. The Morgan fingerprint density at radius 1 is 0.459 bits per heavy atom. The van der Waals surface area contributed by atoms with Crippen molar-refractivity contribution < 1.29 is 98.7 Å². The van der Waals surface area contributed by atoms with Crippen molar-refractivity contribution in [2.24, 2.45) is 0 Å². The molecule has 74 heavy (non-hydrogen) atoms. The fourth-order valence-corrected chi connectivity index (χ4v) is 8.43. The Kier molecular flexibility index (Phi) is 21.2. The smallest absolute Gasteiger partial charge is 0.548 e. The second-order valence-electron chi connectivity index (χ2n) is 15.5. The molecule has 6 aromatic carbocycles. The van der Waals surface area contributed by atoms with Gasteiger partial charge in [-0.25, -0.2) is 0 Å². The molecule has 2 aromatic heterocycles. The van der Waals surface area contributed by atoms with Crippen LogP contribution in [0.25, 0.3) is 45.0 Å². The number of amides is 2. The van der Waals surface area contributed by atoms with Gasteiger partial charge in [0.2, 0.25) is 11.8 Å². The molecule has 8 rings (SSSR count). The molecule has 0 unspecified atom stereocenters. The fourth-order valence-electron chi connectivity index (χ4n) is 7.30. The number of aromatic hydroxyl groups is 2. The van der Waals surface area contributed by atoms with Crippen molar-refractivity contribution in [1.29, 1.82) is 0 Å². The van der Waals surface area contributed by atoms with Gasteiger partial charge in [-0.3, -0.25) is 28.3 Å².